The summed E-state index contributed by atoms with van der Waals surface area (Å²) in [5.74, 6) is 0.852. The Hall–Kier alpha value is -0.260. The Morgan fingerprint density at radius 2 is 1.50 bits per heavy atom. The van der Waals surface area contributed by atoms with Gasteiger partial charge in [0.1, 0.15) is 0 Å². The summed E-state index contributed by atoms with van der Waals surface area (Å²) in [6.07, 6.45) is 12.7. The molecule has 0 bridgehead atoms. The highest BCUT2D eigenvalue weighted by atomic mass is 13.9. The van der Waals surface area contributed by atoms with Crippen LogP contribution in [-0.2, 0) is 0 Å². The quantitative estimate of drug-likeness (QED) is 0.370. The highest BCUT2D eigenvalue weighted by Crippen LogP contribution is 2.05. The summed E-state index contributed by atoms with van der Waals surface area (Å²) in [6.45, 7) is 10.8. The Morgan fingerprint density at radius 1 is 0.929 bits per heavy atom. The molecule has 0 saturated heterocycles. The zero-order valence-electron chi connectivity index (χ0n) is 11.0. The smallest absolute Gasteiger partial charge is 0.0348 e. The lowest BCUT2D eigenvalue weighted by atomic mass is 10.1. The molecule has 0 heterocycles. The third-order valence-corrected chi connectivity index (χ3v) is 2.05. The third-order valence-electron chi connectivity index (χ3n) is 2.05. The second kappa shape index (κ2) is 15.2. The van der Waals surface area contributed by atoms with Gasteiger partial charge in [-0.25, -0.2) is 0 Å². The summed E-state index contributed by atoms with van der Waals surface area (Å²) in [5.41, 5.74) is 0. The molecule has 0 radical (unpaired) electrons. The fourth-order valence-electron chi connectivity index (χ4n) is 1.18. The molecule has 0 amide bonds. The maximum Gasteiger partial charge on any atom is -0.0348 e. The minimum atomic E-state index is 0.852. The molecule has 0 aliphatic heterocycles. The van der Waals surface area contributed by atoms with E-state index in [1.165, 1.54) is 38.5 Å². The van der Waals surface area contributed by atoms with Crippen molar-refractivity contribution in [2.24, 2.45) is 5.92 Å². The molecule has 0 fully saturated rings. The number of allylic oxidation sites excluding steroid dienone is 2. The van der Waals surface area contributed by atoms with Crippen LogP contribution in [0.3, 0.4) is 0 Å². The maximum absolute atomic E-state index is 2.35. The molecule has 0 N–H and O–H groups in total. The molecule has 0 aliphatic carbocycles. The Kier molecular flexibility index (Phi) is 17.6. The van der Waals surface area contributed by atoms with E-state index in [9.17, 15) is 0 Å². The van der Waals surface area contributed by atoms with Gasteiger partial charge in [0.25, 0.3) is 0 Å². The van der Waals surface area contributed by atoms with Crippen molar-refractivity contribution in [3.63, 3.8) is 0 Å². The fraction of sp³-hybridized carbons (Fsp3) is 0.857. The van der Waals surface area contributed by atoms with E-state index in [0.717, 1.165) is 5.92 Å². The van der Waals surface area contributed by atoms with Crippen LogP contribution in [0.4, 0.5) is 0 Å². The minimum absolute atomic E-state index is 0.852. The molecule has 0 nitrogen and oxygen atoms in total. The summed E-state index contributed by atoms with van der Waals surface area (Å²) >= 11 is 0. The van der Waals surface area contributed by atoms with Crippen molar-refractivity contribution in [2.45, 2.75) is 73.1 Å². The molecular formula is C14H30. The van der Waals surface area contributed by atoms with Crippen molar-refractivity contribution in [3.8, 4) is 0 Å². The van der Waals surface area contributed by atoms with Crippen LogP contribution in [0.15, 0.2) is 12.2 Å². The van der Waals surface area contributed by atoms with E-state index >= 15 is 0 Å². The van der Waals surface area contributed by atoms with Crippen LogP contribution < -0.4 is 0 Å². The van der Waals surface area contributed by atoms with Crippen molar-refractivity contribution in [1.29, 1.82) is 0 Å². The molecule has 0 aromatic rings. The lowest BCUT2D eigenvalue weighted by Crippen LogP contribution is -1.83. The van der Waals surface area contributed by atoms with E-state index in [4.69, 9.17) is 0 Å². The van der Waals surface area contributed by atoms with Crippen molar-refractivity contribution in [2.75, 3.05) is 0 Å². The van der Waals surface area contributed by atoms with Gasteiger partial charge in [0.05, 0.1) is 0 Å². The number of rotatable bonds is 7. The van der Waals surface area contributed by atoms with E-state index < -0.39 is 0 Å². The van der Waals surface area contributed by atoms with Gasteiger partial charge in [-0.1, -0.05) is 59.6 Å². The van der Waals surface area contributed by atoms with Crippen molar-refractivity contribution >= 4 is 0 Å². The maximum atomic E-state index is 2.35. The summed E-state index contributed by atoms with van der Waals surface area (Å²) in [6, 6.07) is 0. The van der Waals surface area contributed by atoms with Gasteiger partial charge in [-0.05, 0) is 31.6 Å². The van der Waals surface area contributed by atoms with Crippen LogP contribution in [0.25, 0.3) is 0 Å². The lowest BCUT2D eigenvalue weighted by molar-refractivity contribution is 0.593. The summed E-state index contributed by atoms with van der Waals surface area (Å²) in [7, 11) is 0. The van der Waals surface area contributed by atoms with Crippen LogP contribution in [-0.4, -0.2) is 0 Å². The van der Waals surface area contributed by atoms with E-state index in [-0.39, 0.29) is 0 Å². The molecule has 0 spiro atoms. The van der Waals surface area contributed by atoms with Crippen LogP contribution in [0, 0.1) is 5.92 Å². The predicted molar refractivity (Wildman–Crippen MR) is 68.7 cm³/mol. The van der Waals surface area contributed by atoms with Crippen molar-refractivity contribution in [3.05, 3.63) is 12.2 Å². The van der Waals surface area contributed by atoms with E-state index in [1.54, 1.807) is 0 Å². The molecule has 0 aromatic heterocycles. The van der Waals surface area contributed by atoms with Crippen LogP contribution in [0.1, 0.15) is 73.1 Å². The second-order valence-corrected chi connectivity index (χ2v) is 3.94. The van der Waals surface area contributed by atoms with Gasteiger partial charge in [-0.2, -0.15) is 0 Å². The molecule has 0 aromatic carbocycles. The fourth-order valence-corrected chi connectivity index (χ4v) is 1.18. The first-order chi connectivity index (χ1) is 6.77. The van der Waals surface area contributed by atoms with Gasteiger partial charge >= 0.3 is 0 Å². The van der Waals surface area contributed by atoms with E-state index in [0.29, 0.717) is 0 Å². The van der Waals surface area contributed by atoms with Crippen molar-refractivity contribution < 1.29 is 0 Å². The highest BCUT2D eigenvalue weighted by Gasteiger charge is 1.89. The SMILES string of the molecule is CC.CCCCC/C=C/CCC(C)C. The highest BCUT2D eigenvalue weighted by molar-refractivity contribution is 4.81. The summed E-state index contributed by atoms with van der Waals surface area (Å²) in [5, 5.41) is 0. The largest absolute Gasteiger partial charge is 0.0885 e. The standard InChI is InChI=1S/C12H24.C2H6/c1-4-5-6-7-8-9-10-11-12(2)3;1-2/h8-9,12H,4-7,10-11H2,1-3H3;1-2H3/b9-8+;. The first kappa shape index (κ1) is 16.2. The van der Waals surface area contributed by atoms with Gasteiger partial charge in [0, 0.05) is 0 Å². The summed E-state index contributed by atoms with van der Waals surface area (Å²) in [4.78, 5) is 0. The molecule has 86 valence electrons. The van der Waals surface area contributed by atoms with Crippen LogP contribution in [0.5, 0.6) is 0 Å². The van der Waals surface area contributed by atoms with Gasteiger partial charge in [-0.3, -0.25) is 0 Å². The molecule has 14 heavy (non-hydrogen) atoms. The zero-order valence-corrected chi connectivity index (χ0v) is 11.0. The zero-order chi connectivity index (χ0) is 11.2. The number of unbranched alkanes of at least 4 members (excludes halogenated alkanes) is 3. The predicted octanol–water partition coefficient (Wildman–Crippen LogP) is 5.59. The number of hydrogen-bond acceptors (Lipinski definition) is 0. The van der Waals surface area contributed by atoms with Crippen LogP contribution in [0.2, 0.25) is 0 Å². The Balaban J connectivity index is 0. The van der Waals surface area contributed by atoms with Crippen LogP contribution >= 0.6 is 0 Å². The van der Waals surface area contributed by atoms with Crippen molar-refractivity contribution in [1.82, 2.24) is 0 Å². The Bertz CT molecular complexity index is 101. The van der Waals surface area contributed by atoms with Gasteiger partial charge in [0.2, 0.25) is 0 Å². The van der Waals surface area contributed by atoms with Gasteiger partial charge in [0.15, 0.2) is 0 Å². The van der Waals surface area contributed by atoms with E-state index in [2.05, 4.69) is 32.9 Å². The molecule has 0 rings (SSSR count). The first-order valence-corrected chi connectivity index (χ1v) is 6.42. The third kappa shape index (κ3) is 17.7. The summed E-state index contributed by atoms with van der Waals surface area (Å²) < 4.78 is 0. The molecule has 0 aliphatic rings. The normalized spacial score (nSPS) is 10.4. The Labute approximate surface area is 91.8 Å². The average Bonchev–Trinajstić information content (AvgIpc) is 2.19. The molecular weight excluding hydrogens is 168 g/mol. The Morgan fingerprint density at radius 3 is 2.00 bits per heavy atom. The van der Waals surface area contributed by atoms with Gasteiger partial charge < -0.3 is 0 Å². The average molecular weight is 198 g/mol. The number of hydrogen-bond donors (Lipinski definition) is 0. The lowest BCUT2D eigenvalue weighted by Gasteiger charge is -1.98. The molecule has 0 atom stereocenters. The van der Waals surface area contributed by atoms with Gasteiger partial charge in [-0.15, -0.1) is 0 Å². The first-order valence-electron chi connectivity index (χ1n) is 6.42. The molecule has 0 unspecified atom stereocenters. The monoisotopic (exact) mass is 198 g/mol. The second-order valence-electron chi connectivity index (χ2n) is 3.94. The van der Waals surface area contributed by atoms with E-state index in [1.807, 2.05) is 13.8 Å². The minimum Gasteiger partial charge on any atom is -0.0885 e. The topological polar surface area (TPSA) is 0 Å². The molecule has 0 saturated carbocycles. The molecule has 0 heteroatoms.